The molecule has 3 aromatic heterocycles. The molecule has 4 saturated heterocycles. The molecule has 4 aliphatic rings. The van der Waals surface area contributed by atoms with E-state index in [1.165, 1.54) is 24.5 Å². The number of nitrogens with two attached hydrogens (primary N) is 1. The minimum absolute atomic E-state index is 0.0168. The van der Waals surface area contributed by atoms with Crippen molar-refractivity contribution in [1.82, 2.24) is 29.5 Å². The maximum Gasteiger partial charge on any atom is 0.345 e. The summed E-state index contributed by atoms with van der Waals surface area (Å²) in [5.74, 6) is -1.09. The van der Waals surface area contributed by atoms with Crippen LogP contribution in [-0.2, 0) is 0 Å². The molecule has 1 spiro atoms. The van der Waals surface area contributed by atoms with Gasteiger partial charge in [0.15, 0.2) is 5.82 Å². The Morgan fingerprint density at radius 1 is 1.15 bits per heavy atom. The number of thiophene rings is 1. The van der Waals surface area contributed by atoms with Gasteiger partial charge in [-0.15, -0.1) is 11.3 Å². The van der Waals surface area contributed by atoms with Crippen LogP contribution >= 0.6 is 22.9 Å². The Labute approximate surface area is 309 Å². The van der Waals surface area contributed by atoms with Gasteiger partial charge in [-0.1, -0.05) is 17.7 Å². The zero-order chi connectivity index (χ0) is 36.8. The van der Waals surface area contributed by atoms with Crippen LogP contribution in [0.2, 0.25) is 5.02 Å². The summed E-state index contributed by atoms with van der Waals surface area (Å²) < 4.78 is 54.3. The Morgan fingerprint density at radius 2 is 1.98 bits per heavy atom. The third-order valence-electron chi connectivity index (χ3n) is 11.4. The molecule has 2 aromatic carbocycles. The van der Waals surface area contributed by atoms with Gasteiger partial charge in [0, 0.05) is 48.9 Å². The van der Waals surface area contributed by atoms with Crippen molar-refractivity contribution >= 4 is 60.8 Å². The number of hydrogen-bond acceptors (Lipinski definition) is 11. The van der Waals surface area contributed by atoms with E-state index in [-0.39, 0.29) is 71.9 Å². The number of hydrogen-bond donors (Lipinski definition) is 1. The first-order chi connectivity index (χ1) is 25.5. The Kier molecular flexibility index (Phi) is 7.75. The van der Waals surface area contributed by atoms with E-state index in [0.717, 1.165) is 35.4 Å². The number of rotatable bonds is 5. The Hall–Kier alpha value is -5.16. The Bertz CT molecular complexity index is 2460. The van der Waals surface area contributed by atoms with E-state index in [1.807, 2.05) is 17.0 Å². The smallest absolute Gasteiger partial charge is 0.345 e. The van der Waals surface area contributed by atoms with Crippen LogP contribution in [0.4, 0.5) is 28.8 Å². The highest BCUT2D eigenvalue weighted by Gasteiger charge is 2.53. The number of likely N-dealkylation sites (tertiary alicyclic amines) is 1. The van der Waals surface area contributed by atoms with Crippen molar-refractivity contribution in [2.45, 2.75) is 49.4 Å². The van der Waals surface area contributed by atoms with Crippen molar-refractivity contribution in [3.05, 3.63) is 58.4 Å². The van der Waals surface area contributed by atoms with E-state index in [9.17, 15) is 24.1 Å². The molecule has 9 rings (SSSR count). The summed E-state index contributed by atoms with van der Waals surface area (Å²) in [6, 6.07) is 7.65. The van der Waals surface area contributed by atoms with E-state index in [4.69, 9.17) is 27.1 Å². The minimum atomic E-state index is -0.978. The van der Waals surface area contributed by atoms with Crippen LogP contribution < -0.4 is 15.4 Å². The summed E-state index contributed by atoms with van der Waals surface area (Å²) in [5, 5.41) is 23.7. The molecule has 4 aliphatic heterocycles. The number of fused-ring (bicyclic) bond motifs is 3. The van der Waals surface area contributed by atoms with E-state index >= 15 is 4.39 Å². The average molecular weight is 759 g/mol. The Morgan fingerprint density at radius 3 is 2.74 bits per heavy atom. The number of nitriles is 2. The van der Waals surface area contributed by atoms with Crippen LogP contribution in [0.25, 0.3) is 32.1 Å². The van der Waals surface area contributed by atoms with Crippen LogP contribution in [-0.4, -0.2) is 92.2 Å². The monoisotopic (exact) mass is 758 g/mol. The van der Waals surface area contributed by atoms with Gasteiger partial charge in [0.1, 0.15) is 47.1 Å². The van der Waals surface area contributed by atoms with Crippen LogP contribution in [0.15, 0.2) is 30.6 Å². The molecule has 3 atom stereocenters. The van der Waals surface area contributed by atoms with Gasteiger partial charge in [-0.25, -0.2) is 18.0 Å². The molecule has 5 aromatic rings. The lowest BCUT2D eigenvalue weighted by molar-refractivity contribution is 0.0400. The predicted octanol–water partition coefficient (Wildman–Crippen LogP) is 6.24. The van der Waals surface area contributed by atoms with Gasteiger partial charge in [0.05, 0.1) is 44.3 Å². The number of aromatic nitrogens is 4. The lowest BCUT2D eigenvalue weighted by atomic mass is 9.84. The summed E-state index contributed by atoms with van der Waals surface area (Å²) >= 11 is 7.79. The van der Waals surface area contributed by atoms with Gasteiger partial charge in [-0.3, -0.25) is 4.90 Å². The van der Waals surface area contributed by atoms with Crippen molar-refractivity contribution in [3.63, 3.8) is 0 Å². The summed E-state index contributed by atoms with van der Waals surface area (Å²) in [6.45, 7) is 2.51. The molecule has 4 fully saturated rings. The first-order valence-electron chi connectivity index (χ1n) is 17.2. The second-order valence-corrected chi connectivity index (χ2v) is 15.7. The number of ether oxygens (including phenoxy) is 1. The molecule has 7 heterocycles. The van der Waals surface area contributed by atoms with Crippen LogP contribution in [0.5, 0.6) is 6.01 Å². The lowest BCUT2D eigenvalue weighted by Gasteiger charge is -2.50. The molecule has 12 nitrogen and oxygen atoms in total. The summed E-state index contributed by atoms with van der Waals surface area (Å²) in [7, 11) is 0. The fourth-order valence-electron chi connectivity index (χ4n) is 8.78. The van der Waals surface area contributed by atoms with Gasteiger partial charge < -0.3 is 20.3 Å². The van der Waals surface area contributed by atoms with Gasteiger partial charge in [0.25, 0.3) is 0 Å². The Balaban J connectivity index is 1.14. The second-order valence-electron chi connectivity index (χ2n) is 14.3. The van der Waals surface area contributed by atoms with Crippen LogP contribution in [0.1, 0.15) is 43.2 Å². The molecule has 270 valence electrons. The van der Waals surface area contributed by atoms with Gasteiger partial charge >= 0.3 is 12.0 Å². The van der Waals surface area contributed by atoms with E-state index in [1.54, 1.807) is 11.0 Å². The molecule has 17 heteroatoms. The standard InChI is InChI=1S/C36H30ClF3N10O2S/c37-24-10-22-29(28(40)27(24)21-2-3-25(39)30-26(21)23(13-42)31(43)53-30)45-33(52-18-36-4-1-7-48(36)16-20(38)11-36)46-32(22)47-8-5-35(17-47)6-9-49(35)34(51)50-15-19(12-41)14-44-50/h2-3,10,14-15,20H,1,4-9,11,16-18,43H2/t20-,35?,36+/m1/s1. The summed E-state index contributed by atoms with van der Waals surface area (Å²) in [6.07, 6.45) is 5.01. The van der Waals surface area contributed by atoms with Crippen LogP contribution in [0.3, 0.4) is 0 Å². The average Bonchev–Trinajstić information content (AvgIpc) is 3.96. The minimum Gasteiger partial charge on any atom is -0.461 e. The molecule has 1 amide bonds. The third kappa shape index (κ3) is 5.10. The molecule has 53 heavy (non-hydrogen) atoms. The quantitative estimate of drug-likeness (QED) is 0.218. The zero-order valence-corrected chi connectivity index (χ0v) is 29.7. The summed E-state index contributed by atoms with van der Waals surface area (Å²) in [5.41, 5.74) is 5.28. The number of nitrogen functional groups attached to an aromatic ring is 1. The lowest BCUT2D eigenvalue weighted by Crippen LogP contribution is -2.64. The van der Waals surface area contributed by atoms with Gasteiger partial charge in [-0.05, 0) is 49.9 Å². The maximum atomic E-state index is 17.2. The highest BCUT2D eigenvalue weighted by atomic mass is 35.5. The number of benzene rings is 2. The zero-order valence-electron chi connectivity index (χ0n) is 28.1. The SMILES string of the molecule is N#Cc1cnn(C(=O)N2CCC23CCN(c2nc(OC[C@@]45CCCN4C[C@H](F)C5)nc4c(F)c(-c5ccc(F)c6sc(N)c(C#N)c56)c(Cl)cc24)C3)c1. The number of carbonyl (C=O) groups is 1. The van der Waals surface area contributed by atoms with Crippen molar-refractivity contribution < 1.29 is 22.7 Å². The highest BCUT2D eigenvalue weighted by molar-refractivity contribution is 7.23. The van der Waals surface area contributed by atoms with Gasteiger partial charge in [-0.2, -0.15) is 30.3 Å². The number of amides is 1. The van der Waals surface area contributed by atoms with Crippen molar-refractivity contribution in [2.24, 2.45) is 0 Å². The van der Waals surface area contributed by atoms with Crippen LogP contribution in [0, 0.1) is 34.3 Å². The van der Waals surface area contributed by atoms with E-state index in [0.29, 0.717) is 51.3 Å². The molecule has 0 bridgehead atoms. The largest absolute Gasteiger partial charge is 0.461 e. The molecular formula is C36H30ClF3N10O2S. The third-order valence-corrected chi connectivity index (χ3v) is 12.7. The second kappa shape index (κ2) is 12.2. The van der Waals surface area contributed by atoms with Crippen molar-refractivity contribution in [2.75, 3.05) is 50.0 Å². The number of halogens is 4. The number of carbonyl (C=O) groups excluding carboxylic acids is 1. The van der Waals surface area contributed by atoms with E-state index in [2.05, 4.69) is 15.0 Å². The highest BCUT2D eigenvalue weighted by Crippen LogP contribution is 2.48. The topological polar surface area (TPSA) is 153 Å². The number of nitrogens with zero attached hydrogens (tertiary/aromatic N) is 9. The van der Waals surface area contributed by atoms with Crippen molar-refractivity contribution in [1.29, 1.82) is 10.5 Å². The molecule has 0 radical (unpaired) electrons. The van der Waals surface area contributed by atoms with Gasteiger partial charge in [0.2, 0.25) is 0 Å². The van der Waals surface area contributed by atoms with E-state index < -0.39 is 28.9 Å². The molecule has 0 aliphatic carbocycles. The normalized spacial score (nSPS) is 23.8. The first-order valence-corrected chi connectivity index (χ1v) is 18.4. The maximum absolute atomic E-state index is 17.2. The molecule has 0 saturated carbocycles. The summed E-state index contributed by atoms with van der Waals surface area (Å²) in [4.78, 5) is 28.6. The molecular weight excluding hydrogens is 729 g/mol. The fourth-order valence-corrected chi connectivity index (χ4v) is 10.0. The number of anilines is 2. The molecule has 1 unspecified atom stereocenters. The number of alkyl halides is 1. The van der Waals surface area contributed by atoms with Crippen molar-refractivity contribution in [3.8, 4) is 29.3 Å². The molecule has 2 N–H and O–H groups in total. The first kappa shape index (κ1) is 33.7. The predicted molar refractivity (Wildman–Crippen MR) is 192 cm³/mol. The fraction of sp³-hybridized carbons (Fsp3) is 0.389.